The third kappa shape index (κ3) is 4.23. The molecule has 2 rings (SSSR count). The first kappa shape index (κ1) is 14.9. The Labute approximate surface area is 127 Å². The normalized spacial score (nSPS) is 20.8. The van der Waals surface area contributed by atoms with Crippen LogP contribution in [0.2, 0.25) is 0 Å². The lowest BCUT2D eigenvalue weighted by Crippen LogP contribution is -2.49. The van der Waals surface area contributed by atoms with Crippen LogP contribution >= 0.6 is 27.7 Å². The Morgan fingerprint density at radius 3 is 2.84 bits per heavy atom. The number of nitrogens with one attached hydrogen (secondary N) is 2. The molecule has 2 unspecified atom stereocenters. The van der Waals surface area contributed by atoms with Gasteiger partial charge in [0.2, 0.25) is 5.91 Å². The molecule has 1 aliphatic heterocycles. The van der Waals surface area contributed by atoms with Gasteiger partial charge in [-0.25, -0.2) is 0 Å². The molecule has 2 atom stereocenters. The zero-order chi connectivity index (χ0) is 13.7. The summed E-state index contributed by atoms with van der Waals surface area (Å²) in [6, 6.07) is 8.18. The lowest BCUT2D eigenvalue weighted by Gasteiger charge is -2.25. The number of benzene rings is 1. The van der Waals surface area contributed by atoms with Gasteiger partial charge in [-0.15, -0.1) is 0 Å². The van der Waals surface area contributed by atoms with Crippen molar-refractivity contribution in [1.82, 2.24) is 10.6 Å². The number of carbonyl (C=O) groups excluding carboxylic acids is 1. The molecule has 1 amide bonds. The SMILES string of the molecule is CCC(NC(=O)C1CSCCN1)c1ccc(Br)cc1. The molecule has 0 saturated carbocycles. The highest BCUT2D eigenvalue weighted by Gasteiger charge is 2.23. The Kier molecular flexibility index (Phi) is 5.73. The third-order valence-corrected chi connectivity index (χ3v) is 4.83. The number of hydrogen-bond donors (Lipinski definition) is 2. The van der Waals surface area contributed by atoms with Gasteiger partial charge in [-0.1, -0.05) is 35.0 Å². The van der Waals surface area contributed by atoms with Crippen molar-refractivity contribution in [2.24, 2.45) is 0 Å². The van der Waals surface area contributed by atoms with Crippen molar-refractivity contribution < 1.29 is 4.79 Å². The smallest absolute Gasteiger partial charge is 0.238 e. The van der Waals surface area contributed by atoms with Gasteiger partial charge in [-0.3, -0.25) is 4.79 Å². The van der Waals surface area contributed by atoms with Crippen LogP contribution in [-0.4, -0.2) is 30.0 Å². The number of rotatable bonds is 4. The van der Waals surface area contributed by atoms with E-state index in [0.717, 1.165) is 34.5 Å². The summed E-state index contributed by atoms with van der Waals surface area (Å²) >= 11 is 5.26. The molecule has 1 saturated heterocycles. The summed E-state index contributed by atoms with van der Waals surface area (Å²) in [7, 11) is 0. The van der Waals surface area contributed by atoms with Crippen molar-refractivity contribution in [3.05, 3.63) is 34.3 Å². The molecule has 1 aromatic carbocycles. The van der Waals surface area contributed by atoms with Gasteiger partial charge >= 0.3 is 0 Å². The van der Waals surface area contributed by atoms with Crippen molar-refractivity contribution in [2.75, 3.05) is 18.1 Å². The highest BCUT2D eigenvalue weighted by atomic mass is 79.9. The Morgan fingerprint density at radius 1 is 1.53 bits per heavy atom. The Hall–Kier alpha value is -0.520. The van der Waals surface area contributed by atoms with Crippen LogP contribution < -0.4 is 10.6 Å². The minimum absolute atomic E-state index is 0.0525. The molecule has 3 nitrogen and oxygen atoms in total. The van der Waals surface area contributed by atoms with E-state index in [1.54, 1.807) is 0 Å². The molecule has 1 aliphatic rings. The lowest BCUT2D eigenvalue weighted by molar-refractivity contribution is -0.123. The molecule has 5 heteroatoms. The zero-order valence-corrected chi connectivity index (χ0v) is 13.4. The van der Waals surface area contributed by atoms with Crippen molar-refractivity contribution in [2.45, 2.75) is 25.4 Å². The van der Waals surface area contributed by atoms with Crippen LogP contribution in [0.4, 0.5) is 0 Å². The van der Waals surface area contributed by atoms with Crippen LogP contribution in [0.5, 0.6) is 0 Å². The Balaban J connectivity index is 1.98. The van der Waals surface area contributed by atoms with Crippen molar-refractivity contribution in [3.8, 4) is 0 Å². The van der Waals surface area contributed by atoms with Crippen LogP contribution in [0.3, 0.4) is 0 Å². The number of amides is 1. The van der Waals surface area contributed by atoms with Gasteiger partial charge < -0.3 is 10.6 Å². The van der Waals surface area contributed by atoms with Gasteiger partial charge in [0, 0.05) is 22.5 Å². The average molecular weight is 343 g/mol. The van der Waals surface area contributed by atoms with E-state index in [-0.39, 0.29) is 18.0 Å². The van der Waals surface area contributed by atoms with E-state index in [9.17, 15) is 4.79 Å². The van der Waals surface area contributed by atoms with Crippen LogP contribution in [0.25, 0.3) is 0 Å². The van der Waals surface area contributed by atoms with Gasteiger partial charge in [0.15, 0.2) is 0 Å². The molecule has 0 radical (unpaired) electrons. The Bertz CT molecular complexity index is 418. The summed E-state index contributed by atoms with van der Waals surface area (Å²) in [5.41, 5.74) is 1.16. The van der Waals surface area contributed by atoms with Crippen molar-refractivity contribution in [3.63, 3.8) is 0 Å². The number of thioether (sulfide) groups is 1. The van der Waals surface area contributed by atoms with Gasteiger partial charge in [-0.2, -0.15) is 11.8 Å². The summed E-state index contributed by atoms with van der Waals surface area (Å²) in [5, 5.41) is 6.41. The third-order valence-electron chi connectivity index (χ3n) is 3.24. The molecular weight excluding hydrogens is 324 g/mol. The van der Waals surface area contributed by atoms with Crippen LogP contribution in [0.15, 0.2) is 28.7 Å². The minimum atomic E-state index is -0.0525. The lowest BCUT2D eigenvalue weighted by atomic mass is 10.0. The first-order valence-electron chi connectivity index (χ1n) is 6.57. The second kappa shape index (κ2) is 7.31. The fourth-order valence-corrected chi connectivity index (χ4v) is 3.32. The molecule has 19 heavy (non-hydrogen) atoms. The quantitative estimate of drug-likeness (QED) is 0.883. The van der Waals surface area contributed by atoms with Crippen LogP contribution in [-0.2, 0) is 4.79 Å². The Morgan fingerprint density at radius 2 is 2.26 bits per heavy atom. The molecule has 1 aromatic rings. The predicted octanol–water partition coefficient (Wildman–Crippen LogP) is 2.72. The number of hydrogen-bond acceptors (Lipinski definition) is 3. The standard InChI is InChI=1S/C14H19BrN2OS/c1-2-12(10-3-5-11(15)6-4-10)17-14(18)13-9-19-8-7-16-13/h3-6,12-13,16H,2,7-9H2,1H3,(H,17,18). The van der Waals surface area contributed by atoms with Gasteiger partial charge in [0.1, 0.15) is 0 Å². The topological polar surface area (TPSA) is 41.1 Å². The summed E-state index contributed by atoms with van der Waals surface area (Å²) in [6.45, 7) is 3.01. The minimum Gasteiger partial charge on any atom is -0.348 e. The van der Waals surface area contributed by atoms with Crippen molar-refractivity contribution in [1.29, 1.82) is 0 Å². The molecule has 2 N–H and O–H groups in total. The maximum absolute atomic E-state index is 12.2. The molecule has 0 aromatic heterocycles. The highest BCUT2D eigenvalue weighted by Crippen LogP contribution is 2.20. The summed E-state index contributed by atoms with van der Waals surface area (Å²) in [4.78, 5) is 12.2. The maximum Gasteiger partial charge on any atom is 0.238 e. The first-order valence-corrected chi connectivity index (χ1v) is 8.52. The second-order valence-corrected chi connectivity index (χ2v) is 6.67. The zero-order valence-electron chi connectivity index (χ0n) is 11.0. The van der Waals surface area contributed by atoms with Gasteiger partial charge in [-0.05, 0) is 24.1 Å². The highest BCUT2D eigenvalue weighted by molar-refractivity contribution is 9.10. The van der Waals surface area contributed by atoms with Crippen LogP contribution in [0, 0.1) is 0 Å². The molecule has 0 spiro atoms. The van der Waals surface area contributed by atoms with E-state index in [4.69, 9.17) is 0 Å². The molecule has 104 valence electrons. The summed E-state index contributed by atoms with van der Waals surface area (Å²) < 4.78 is 1.06. The molecule has 0 bridgehead atoms. The summed E-state index contributed by atoms with van der Waals surface area (Å²) in [5.74, 6) is 2.07. The fraction of sp³-hybridized carbons (Fsp3) is 0.500. The molecular formula is C14H19BrN2OS. The van der Waals surface area contributed by atoms with Crippen molar-refractivity contribution >= 4 is 33.6 Å². The number of halogens is 1. The second-order valence-electron chi connectivity index (χ2n) is 4.60. The maximum atomic E-state index is 12.2. The van der Waals surface area contributed by atoms with Gasteiger partial charge in [0.05, 0.1) is 12.1 Å². The summed E-state index contributed by atoms with van der Waals surface area (Å²) in [6.07, 6.45) is 0.896. The molecule has 1 heterocycles. The predicted molar refractivity (Wildman–Crippen MR) is 84.4 cm³/mol. The number of carbonyl (C=O) groups is 1. The molecule has 0 aliphatic carbocycles. The van der Waals surface area contributed by atoms with E-state index >= 15 is 0 Å². The fourth-order valence-electron chi connectivity index (χ4n) is 2.12. The monoisotopic (exact) mass is 342 g/mol. The van der Waals surface area contributed by atoms with E-state index in [1.807, 2.05) is 23.9 Å². The molecule has 1 fully saturated rings. The van der Waals surface area contributed by atoms with E-state index in [0.29, 0.717) is 0 Å². The van der Waals surface area contributed by atoms with E-state index in [1.165, 1.54) is 0 Å². The average Bonchev–Trinajstić information content (AvgIpc) is 2.46. The van der Waals surface area contributed by atoms with Gasteiger partial charge in [0.25, 0.3) is 0 Å². The first-order chi connectivity index (χ1) is 9.20. The van der Waals surface area contributed by atoms with E-state index in [2.05, 4.69) is 45.6 Å². The van der Waals surface area contributed by atoms with Crippen LogP contribution in [0.1, 0.15) is 24.9 Å². The van der Waals surface area contributed by atoms with E-state index < -0.39 is 0 Å². The largest absolute Gasteiger partial charge is 0.348 e.